The normalized spacial score (nSPS) is 17.9. The van der Waals surface area contributed by atoms with Crippen molar-refractivity contribution in [3.8, 4) is 11.5 Å². The Labute approximate surface area is 159 Å². The van der Waals surface area contributed by atoms with E-state index in [2.05, 4.69) is 4.90 Å². The lowest BCUT2D eigenvalue weighted by Crippen LogP contribution is -2.38. The highest BCUT2D eigenvalue weighted by atomic mass is 35.5. The van der Waals surface area contributed by atoms with E-state index in [1.165, 1.54) is 0 Å². The minimum Gasteiger partial charge on any atom is -0.508 e. The molecule has 26 heavy (non-hydrogen) atoms. The SMILES string of the molecule is COc1ccc(O)c(CN2CCCC(C(=O)c3ccc(Cl)cc3C)C2)c1. The monoisotopic (exact) mass is 373 g/mol. The summed E-state index contributed by atoms with van der Waals surface area (Å²) in [6.45, 7) is 4.14. The summed E-state index contributed by atoms with van der Waals surface area (Å²) in [5, 5.41) is 10.8. The number of halogens is 1. The molecule has 1 aliphatic heterocycles. The quantitative estimate of drug-likeness (QED) is 0.786. The van der Waals surface area contributed by atoms with Crippen LogP contribution in [-0.4, -0.2) is 36.0 Å². The lowest BCUT2D eigenvalue weighted by molar-refractivity contribution is 0.0810. The number of carbonyl (C=O) groups excluding carboxylic acids is 1. The molecule has 0 aliphatic carbocycles. The van der Waals surface area contributed by atoms with Gasteiger partial charge < -0.3 is 9.84 Å². The highest BCUT2D eigenvalue weighted by Gasteiger charge is 2.27. The third-order valence-corrected chi connectivity index (χ3v) is 5.25. The minimum atomic E-state index is -0.0311. The van der Waals surface area contributed by atoms with Gasteiger partial charge in [-0.05, 0) is 68.3 Å². The molecular formula is C21H24ClNO3. The second kappa shape index (κ2) is 8.11. The average molecular weight is 374 g/mol. The number of piperidine rings is 1. The van der Waals surface area contributed by atoms with Crippen molar-refractivity contribution in [1.29, 1.82) is 0 Å². The van der Waals surface area contributed by atoms with Crippen molar-refractivity contribution in [2.75, 3.05) is 20.2 Å². The van der Waals surface area contributed by atoms with Gasteiger partial charge in [0.25, 0.3) is 0 Å². The van der Waals surface area contributed by atoms with E-state index in [4.69, 9.17) is 16.3 Å². The molecule has 0 aromatic heterocycles. The van der Waals surface area contributed by atoms with Crippen LogP contribution in [0.4, 0.5) is 0 Å². The second-order valence-corrected chi connectivity index (χ2v) is 7.33. The summed E-state index contributed by atoms with van der Waals surface area (Å²) in [7, 11) is 1.61. The minimum absolute atomic E-state index is 0.0311. The molecule has 2 aromatic rings. The number of hydrogen-bond donors (Lipinski definition) is 1. The fourth-order valence-electron chi connectivity index (χ4n) is 3.59. The molecule has 0 spiro atoms. The fraction of sp³-hybridized carbons (Fsp3) is 0.381. The van der Waals surface area contributed by atoms with E-state index in [0.717, 1.165) is 41.8 Å². The van der Waals surface area contributed by atoms with E-state index >= 15 is 0 Å². The van der Waals surface area contributed by atoms with Crippen LogP contribution in [0, 0.1) is 12.8 Å². The van der Waals surface area contributed by atoms with Gasteiger partial charge in [-0.25, -0.2) is 0 Å². The summed E-state index contributed by atoms with van der Waals surface area (Å²) < 4.78 is 5.24. The van der Waals surface area contributed by atoms with Gasteiger partial charge in [-0.2, -0.15) is 0 Å². The molecule has 1 saturated heterocycles. The number of hydrogen-bond acceptors (Lipinski definition) is 4. The number of likely N-dealkylation sites (tertiary alicyclic amines) is 1. The van der Waals surface area contributed by atoms with E-state index in [9.17, 15) is 9.90 Å². The molecule has 1 atom stereocenters. The van der Waals surface area contributed by atoms with Crippen molar-refractivity contribution in [3.63, 3.8) is 0 Å². The van der Waals surface area contributed by atoms with E-state index in [1.54, 1.807) is 25.3 Å². The number of methoxy groups -OCH3 is 1. The van der Waals surface area contributed by atoms with Crippen LogP contribution in [0.15, 0.2) is 36.4 Å². The van der Waals surface area contributed by atoms with Crippen LogP contribution in [0.1, 0.15) is 34.3 Å². The first-order chi connectivity index (χ1) is 12.5. The van der Waals surface area contributed by atoms with Crippen molar-refractivity contribution >= 4 is 17.4 Å². The Balaban J connectivity index is 1.72. The summed E-state index contributed by atoms with van der Waals surface area (Å²) in [4.78, 5) is 15.2. The van der Waals surface area contributed by atoms with Crippen LogP contribution in [-0.2, 0) is 6.54 Å². The van der Waals surface area contributed by atoms with Crippen molar-refractivity contribution in [3.05, 3.63) is 58.1 Å². The maximum absolute atomic E-state index is 13.0. The Morgan fingerprint density at radius 3 is 2.85 bits per heavy atom. The van der Waals surface area contributed by atoms with E-state index in [-0.39, 0.29) is 17.5 Å². The summed E-state index contributed by atoms with van der Waals surface area (Å²) in [5.74, 6) is 1.13. The molecule has 1 unspecified atom stereocenters. The van der Waals surface area contributed by atoms with Crippen molar-refractivity contribution in [1.82, 2.24) is 4.90 Å². The van der Waals surface area contributed by atoms with Crippen molar-refractivity contribution < 1.29 is 14.6 Å². The molecule has 0 saturated carbocycles. The predicted octanol–water partition coefficient (Wildman–Crippen LogP) is 4.46. The molecule has 0 bridgehead atoms. The molecule has 4 nitrogen and oxygen atoms in total. The molecule has 5 heteroatoms. The molecule has 3 rings (SSSR count). The third-order valence-electron chi connectivity index (χ3n) is 5.01. The molecule has 138 valence electrons. The van der Waals surface area contributed by atoms with Crippen LogP contribution in [0.5, 0.6) is 11.5 Å². The number of ketones is 1. The maximum Gasteiger partial charge on any atom is 0.167 e. The largest absolute Gasteiger partial charge is 0.508 e. The molecule has 0 radical (unpaired) electrons. The third kappa shape index (κ3) is 4.19. The average Bonchev–Trinajstić information content (AvgIpc) is 2.63. The summed E-state index contributed by atoms with van der Waals surface area (Å²) in [6.07, 6.45) is 1.86. The van der Waals surface area contributed by atoms with Crippen molar-refractivity contribution in [2.45, 2.75) is 26.3 Å². The molecule has 1 fully saturated rings. The number of aryl methyl sites for hydroxylation is 1. The fourth-order valence-corrected chi connectivity index (χ4v) is 3.82. The lowest BCUT2D eigenvalue weighted by Gasteiger charge is -2.32. The predicted molar refractivity (Wildman–Crippen MR) is 103 cm³/mol. The lowest BCUT2D eigenvalue weighted by atomic mass is 9.88. The number of phenolic OH excluding ortho intramolecular Hbond substituents is 1. The molecule has 1 N–H and O–H groups in total. The Bertz CT molecular complexity index is 806. The zero-order valence-corrected chi connectivity index (χ0v) is 15.9. The van der Waals surface area contributed by atoms with Crippen LogP contribution in [0.3, 0.4) is 0 Å². The zero-order chi connectivity index (χ0) is 18.7. The number of nitrogens with zero attached hydrogens (tertiary/aromatic N) is 1. The van der Waals surface area contributed by atoms with Gasteiger partial charge in [0.1, 0.15) is 11.5 Å². The second-order valence-electron chi connectivity index (χ2n) is 6.89. The molecule has 0 amide bonds. The Morgan fingerprint density at radius 1 is 1.31 bits per heavy atom. The smallest absolute Gasteiger partial charge is 0.167 e. The van der Waals surface area contributed by atoms with Crippen molar-refractivity contribution in [2.24, 2.45) is 5.92 Å². The highest BCUT2D eigenvalue weighted by molar-refractivity contribution is 6.30. The van der Waals surface area contributed by atoms with Gasteiger partial charge in [-0.15, -0.1) is 0 Å². The summed E-state index contributed by atoms with van der Waals surface area (Å²) in [6, 6.07) is 10.7. The van der Waals surface area contributed by atoms with Crippen LogP contribution in [0.25, 0.3) is 0 Å². The van der Waals surface area contributed by atoms with E-state index < -0.39 is 0 Å². The molecule has 1 heterocycles. The number of aromatic hydroxyl groups is 1. The summed E-state index contributed by atoms with van der Waals surface area (Å²) in [5.41, 5.74) is 2.50. The van der Waals surface area contributed by atoms with Gasteiger partial charge in [-0.3, -0.25) is 9.69 Å². The number of ether oxygens (including phenoxy) is 1. The topological polar surface area (TPSA) is 49.8 Å². The summed E-state index contributed by atoms with van der Waals surface area (Å²) >= 11 is 6.01. The first-order valence-electron chi connectivity index (χ1n) is 8.86. The van der Waals surface area contributed by atoms with Gasteiger partial charge in [0.15, 0.2) is 5.78 Å². The zero-order valence-electron chi connectivity index (χ0n) is 15.2. The van der Waals surface area contributed by atoms with Crippen LogP contribution < -0.4 is 4.74 Å². The number of Topliss-reactive ketones (excluding diaryl/α,β-unsaturated/α-hetero) is 1. The van der Waals surface area contributed by atoms with Gasteiger partial charge >= 0.3 is 0 Å². The highest BCUT2D eigenvalue weighted by Crippen LogP contribution is 2.28. The Kier molecular flexibility index (Phi) is 5.84. The van der Waals surface area contributed by atoms with Crippen LogP contribution in [0.2, 0.25) is 5.02 Å². The standard InChI is InChI=1S/C21H24ClNO3/c1-14-10-17(22)5-7-19(14)21(25)15-4-3-9-23(12-15)13-16-11-18(26-2)6-8-20(16)24/h5-8,10-11,15,24H,3-4,9,12-13H2,1-2H3. The van der Waals surface area contributed by atoms with Gasteiger partial charge in [0.05, 0.1) is 7.11 Å². The number of phenols is 1. The molecular weight excluding hydrogens is 350 g/mol. The molecule has 2 aromatic carbocycles. The Hall–Kier alpha value is -2.04. The first kappa shape index (κ1) is 18.7. The van der Waals surface area contributed by atoms with Gasteiger partial charge in [0, 0.05) is 35.2 Å². The van der Waals surface area contributed by atoms with Gasteiger partial charge in [0.2, 0.25) is 0 Å². The maximum atomic E-state index is 13.0. The van der Waals surface area contributed by atoms with E-state index in [1.807, 2.05) is 25.1 Å². The number of carbonyl (C=O) groups is 1. The number of benzene rings is 2. The number of rotatable bonds is 5. The first-order valence-corrected chi connectivity index (χ1v) is 9.24. The Morgan fingerprint density at radius 2 is 2.12 bits per heavy atom. The van der Waals surface area contributed by atoms with E-state index in [0.29, 0.717) is 18.1 Å². The van der Waals surface area contributed by atoms with Gasteiger partial charge in [-0.1, -0.05) is 11.6 Å². The van der Waals surface area contributed by atoms with Crippen LogP contribution >= 0.6 is 11.6 Å². The molecule has 1 aliphatic rings.